The van der Waals surface area contributed by atoms with Crippen LogP contribution in [0.1, 0.15) is 57.7 Å². The molecule has 8 unspecified atom stereocenters. The molecule has 0 bridgehead atoms. The molecule has 0 radical (unpaired) electrons. The molecule has 0 aromatic carbocycles. The summed E-state index contributed by atoms with van der Waals surface area (Å²) in [6.45, 7) is 5.95. The molecular formula is C28H32F3N3O2S. The van der Waals surface area contributed by atoms with Crippen LogP contribution in [0.3, 0.4) is 0 Å². The normalized spacial score (nSPS) is 40.3. The second-order valence-corrected chi connectivity index (χ2v) is 12.9. The second-order valence-electron chi connectivity index (χ2n) is 12.0. The minimum Gasteiger partial charge on any atom is -0.390 e. The average molecular weight is 532 g/mol. The van der Waals surface area contributed by atoms with Gasteiger partial charge < -0.3 is 5.11 Å². The molecule has 0 saturated heterocycles. The van der Waals surface area contributed by atoms with Gasteiger partial charge in [0.2, 0.25) is 5.95 Å². The van der Waals surface area contributed by atoms with Gasteiger partial charge in [-0.3, -0.25) is 4.79 Å². The van der Waals surface area contributed by atoms with Crippen LogP contribution in [0.5, 0.6) is 0 Å². The Morgan fingerprint density at radius 2 is 2.05 bits per heavy atom. The Hall–Kier alpha value is -2.13. The van der Waals surface area contributed by atoms with Gasteiger partial charge in [-0.05, 0) is 73.1 Å². The number of aliphatic hydroxyl groups is 1. The Bertz CT molecular complexity index is 1280. The first-order chi connectivity index (χ1) is 17.5. The highest BCUT2D eigenvalue weighted by Gasteiger charge is 2.72. The summed E-state index contributed by atoms with van der Waals surface area (Å²) >= 11 is 0.703. The molecule has 0 spiro atoms. The van der Waals surface area contributed by atoms with Gasteiger partial charge in [0.25, 0.3) is 0 Å². The fraction of sp³-hybridized carbons (Fsp3) is 0.607. The van der Waals surface area contributed by atoms with Gasteiger partial charge in [-0.15, -0.1) is 0 Å². The maximum Gasteiger partial charge on any atom is 0.212 e. The van der Waals surface area contributed by atoms with Crippen molar-refractivity contribution < 1.29 is 23.1 Å². The van der Waals surface area contributed by atoms with Crippen molar-refractivity contribution in [2.45, 2.75) is 64.6 Å². The van der Waals surface area contributed by atoms with E-state index in [9.17, 15) is 18.7 Å². The van der Waals surface area contributed by atoms with Crippen LogP contribution in [0.15, 0.2) is 30.1 Å². The smallest absolute Gasteiger partial charge is 0.212 e. The van der Waals surface area contributed by atoms with Crippen LogP contribution in [0.4, 0.5) is 13.2 Å². The summed E-state index contributed by atoms with van der Waals surface area (Å²) in [5.74, 6) is -1.39. The summed E-state index contributed by atoms with van der Waals surface area (Å²) in [6, 6.07) is 2.13. The minimum absolute atomic E-state index is 0.0151. The standard InChI is InChI=1S/C28H32F3N3O2S/c1-15-8-20-19-6-4-17-9-21-16(12-33-34(21)18-5-7-23(30)32-13-18)10-27(17,3)28(19,31)22(35)11-26(20,2)24(15)25(36)37-14-29/h5,7,9,12-13,15,19-20,22,24,35H,4,6,8,10-11,14H2,1-3H3. The Labute approximate surface area is 218 Å². The lowest BCUT2D eigenvalue weighted by Gasteiger charge is -2.62. The number of allylic oxidation sites excluding steroid dienone is 1. The van der Waals surface area contributed by atoms with Gasteiger partial charge in [0, 0.05) is 17.3 Å². The Balaban J connectivity index is 1.39. The number of hydrogen-bond donors (Lipinski definition) is 1. The van der Waals surface area contributed by atoms with Crippen LogP contribution in [-0.4, -0.2) is 42.8 Å². The first-order valence-electron chi connectivity index (χ1n) is 13.0. The molecule has 9 heteroatoms. The molecule has 2 heterocycles. The predicted octanol–water partition coefficient (Wildman–Crippen LogP) is 5.70. The van der Waals surface area contributed by atoms with E-state index in [1.54, 1.807) is 16.9 Å². The number of fused-ring (bicyclic) bond motifs is 6. The van der Waals surface area contributed by atoms with Crippen molar-refractivity contribution in [3.8, 4) is 5.69 Å². The molecule has 3 fully saturated rings. The van der Waals surface area contributed by atoms with Gasteiger partial charge in [-0.1, -0.05) is 38.1 Å². The zero-order chi connectivity index (χ0) is 26.3. The van der Waals surface area contributed by atoms with Gasteiger partial charge in [-0.25, -0.2) is 18.4 Å². The van der Waals surface area contributed by atoms with Crippen molar-refractivity contribution in [3.63, 3.8) is 0 Å². The van der Waals surface area contributed by atoms with E-state index in [0.29, 0.717) is 43.1 Å². The number of rotatable bonds is 3. The Morgan fingerprint density at radius 1 is 1.27 bits per heavy atom. The van der Waals surface area contributed by atoms with E-state index in [2.05, 4.69) is 10.1 Å². The van der Waals surface area contributed by atoms with Crippen molar-refractivity contribution in [2.75, 3.05) is 6.01 Å². The van der Waals surface area contributed by atoms with Crippen LogP contribution in [0.25, 0.3) is 11.8 Å². The minimum atomic E-state index is -1.86. The molecule has 3 saturated carbocycles. The van der Waals surface area contributed by atoms with Crippen molar-refractivity contribution >= 4 is 23.0 Å². The number of aliphatic hydroxyl groups excluding tert-OH is 1. The summed E-state index contributed by atoms with van der Waals surface area (Å²) in [6.07, 6.45) is 6.47. The SMILES string of the molecule is CC1CC2C3CCC4=Cc5c(cnn5-c5ccc(F)nc5)CC4(C)C3(F)C(O)CC2(C)C1C(=O)SCF. The lowest BCUT2D eigenvalue weighted by molar-refractivity contribution is -0.205. The zero-order valence-corrected chi connectivity index (χ0v) is 22.1. The Kier molecular flexibility index (Phi) is 5.74. The maximum absolute atomic E-state index is 17.7. The van der Waals surface area contributed by atoms with Gasteiger partial charge in [0.05, 0.1) is 29.9 Å². The molecule has 2 aromatic heterocycles. The molecule has 2 aromatic rings. The molecule has 8 atom stereocenters. The molecule has 4 aliphatic carbocycles. The van der Waals surface area contributed by atoms with E-state index < -0.39 is 40.5 Å². The van der Waals surface area contributed by atoms with E-state index in [1.807, 2.05) is 26.8 Å². The molecule has 5 nitrogen and oxygen atoms in total. The maximum atomic E-state index is 17.7. The molecule has 0 amide bonds. The first-order valence-corrected chi connectivity index (χ1v) is 14.0. The number of nitrogens with zero attached hydrogens (tertiary/aromatic N) is 3. The van der Waals surface area contributed by atoms with Gasteiger partial charge >= 0.3 is 0 Å². The summed E-state index contributed by atoms with van der Waals surface area (Å²) in [5, 5.41) is 15.9. The van der Waals surface area contributed by atoms with E-state index in [4.69, 9.17) is 0 Å². The number of alkyl halides is 2. The fourth-order valence-electron chi connectivity index (χ4n) is 8.77. The third-order valence-corrected chi connectivity index (χ3v) is 11.0. The quantitative estimate of drug-likeness (QED) is 0.515. The Morgan fingerprint density at radius 3 is 2.76 bits per heavy atom. The highest BCUT2D eigenvalue weighted by Crippen LogP contribution is 2.70. The average Bonchev–Trinajstić information content (AvgIpc) is 3.36. The highest BCUT2D eigenvalue weighted by molar-refractivity contribution is 8.13. The van der Waals surface area contributed by atoms with Crippen LogP contribution in [0.2, 0.25) is 0 Å². The van der Waals surface area contributed by atoms with Crippen molar-refractivity contribution in [3.05, 3.63) is 47.3 Å². The second kappa shape index (κ2) is 8.43. The molecule has 4 aliphatic rings. The summed E-state index contributed by atoms with van der Waals surface area (Å²) in [5.41, 5.74) is -0.0497. The van der Waals surface area contributed by atoms with Crippen molar-refractivity contribution in [1.82, 2.24) is 14.8 Å². The van der Waals surface area contributed by atoms with E-state index in [0.717, 1.165) is 16.8 Å². The van der Waals surface area contributed by atoms with Crippen LogP contribution >= 0.6 is 11.8 Å². The molecule has 6 rings (SSSR count). The summed E-state index contributed by atoms with van der Waals surface area (Å²) < 4.78 is 45.8. The van der Waals surface area contributed by atoms with Crippen molar-refractivity contribution in [2.24, 2.45) is 34.5 Å². The molecule has 37 heavy (non-hydrogen) atoms. The van der Waals surface area contributed by atoms with Gasteiger partial charge in [0.1, 0.15) is 11.7 Å². The van der Waals surface area contributed by atoms with Crippen LogP contribution < -0.4 is 0 Å². The predicted molar refractivity (Wildman–Crippen MR) is 136 cm³/mol. The van der Waals surface area contributed by atoms with Gasteiger partial charge in [0.15, 0.2) is 5.12 Å². The number of carbonyl (C=O) groups is 1. The molecule has 1 N–H and O–H groups in total. The molecule has 198 valence electrons. The van der Waals surface area contributed by atoms with Crippen molar-refractivity contribution in [1.29, 1.82) is 0 Å². The zero-order valence-electron chi connectivity index (χ0n) is 21.3. The van der Waals surface area contributed by atoms with E-state index >= 15 is 4.39 Å². The van der Waals surface area contributed by atoms with Gasteiger partial charge in [-0.2, -0.15) is 9.49 Å². The first kappa shape index (κ1) is 25.2. The lowest BCUT2D eigenvalue weighted by Crippen LogP contribution is -2.67. The topological polar surface area (TPSA) is 68.0 Å². The van der Waals surface area contributed by atoms with Crippen LogP contribution in [-0.2, 0) is 11.2 Å². The van der Waals surface area contributed by atoms with Crippen LogP contribution in [0, 0.1) is 40.4 Å². The third-order valence-electron chi connectivity index (χ3n) is 10.3. The number of carbonyl (C=O) groups excluding carboxylic acids is 1. The molecular weight excluding hydrogens is 499 g/mol. The third kappa shape index (κ3) is 3.32. The monoisotopic (exact) mass is 531 g/mol. The number of halogens is 3. The highest BCUT2D eigenvalue weighted by atomic mass is 32.2. The summed E-state index contributed by atoms with van der Waals surface area (Å²) in [4.78, 5) is 16.7. The largest absolute Gasteiger partial charge is 0.390 e. The fourth-order valence-corrected chi connectivity index (χ4v) is 9.56. The summed E-state index contributed by atoms with van der Waals surface area (Å²) in [7, 11) is 0. The number of aromatic nitrogens is 3. The number of thioether (sulfide) groups is 1. The number of pyridine rings is 1. The molecule has 0 aliphatic heterocycles. The number of hydrogen-bond acceptors (Lipinski definition) is 5. The van der Waals surface area contributed by atoms with E-state index in [-0.39, 0.29) is 29.3 Å². The van der Waals surface area contributed by atoms with E-state index in [1.165, 1.54) is 12.3 Å². The lowest BCUT2D eigenvalue weighted by atomic mass is 9.44.